The summed E-state index contributed by atoms with van der Waals surface area (Å²) < 4.78 is 0. The Morgan fingerprint density at radius 1 is 1.23 bits per heavy atom. The number of benzene rings is 1. The molecule has 0 bridgehead atoms. The highest BCUT2D eigenvalue weighted by atomic mass is 14.0. The Balaban J connectivity index is 2.72. The number of allylic oxidation sites excluding steroid dienone is 2. The van der Waals surface area contributed by atoms with Gasteiger partial charge in [-0.05, 0) is 37.8 Å². The third-order valence-corrected chi connectivity index (χ3v) is 2.15. The molecule has 0 heteroatoms. The van der Waals surface area contributed by atoms with Crippen molar-refractivity contribution < 1.29 is 0 Å². The molecular formula is C13H18. The van der Waals surface area contributed by atoms with Gasteiger partial charge in [0.1, 0.15) is 0 Å². The standard InChI is InChI=1S/C13H18/c1-4-12-6-5-7-13(10-12)9-8-11(2)3/h5-8,10H,4,9H2,1-3H3. The highest BCUT2D eigenvalue weighted by Crippen LogP contribution is 2.07. The largest absolute Gasteiger partial charge is 0.0815 e. The Labute approximate surface area is 81.3 Å². The van der Waals surface area contributed by atoms with E-state index in [-0.39, 0.29) is 0 Å². The Kier molecular flexibility index (Phi) is 3.75. The lowest BCUT2D eigenvalue weighted by Crippen LogP contribution is -1.85. The van der Waals surface area contributed by atoms with Gasteiger partial charge in [-0.1, -0.05) is 42.8 Å². The highest BCUT2D eigenvalue weighted by Gasteiger charge is 1.92. The van der Waals surface area contributed by atoms with Crippen LogP contribution in [0.2, 0.25) is 0 Å². The van der Waals surface area contributed by atoms with Gasteiger partial charge < -0.3 is 0 Å². The van der Waals surface area contributed by atoms with Gasteiger partial charge in [-0.2, -0.15) is 0 Å². The Bertz CT molecular complexity index is 291. The van der Waals surface area contributed by atoms with Crippen LogP contribution in [0.15, 0.2) is 35.9 Å². The Hall–Kier alpha value is -1.04. The molecule has 0 amide bonds. The molecule has 1 rings (SSSR count). The Morgan fingerprint density at radius 2 is 1.92 bits per heavy atom. The molecule has 1 aromatic carbocycles. The van der Waals surface area contributed by atoms with E-state index in [1.807, 2.05) is 0 Å². The fourth-order valence-corrected chi connectivity index (χ4v) is 1.30. The monoisotopic (exact) mass is 174 g/mol. The molecule has 0 saturated carbocycles. The van der Waals surface area contributed by atoms with Gasteiger partial charge in [-0.15, -0.1) is 0 Å². The second kappa shape index (κ2) is 4.86. The number of hydrogen-bond acceptors (Lipinski definition) is 0. The zero-order chi connectivity index (χ0) is 9.68. The van der Waals surface area contributed by atoms with E-state index in [2.05, 4.69) is 51.1 Å². The molecule has 0 fully saturated rings. The van der Waals surface area contributed by atoms with Gasteiger partial charge in [0, 0.05) is 0 Å². The lowest BCUT2D eigenvalue weighted by atomic mass is 10.1. The van der Waals surface area contributed by atoms with Crippen LogP contribution >= 0.6 is 0 Å². The van der Waals surface area contributed by atoms with Crippen LogP contribution in [0.3, 0.4) is 0 Å². The van der Waals surface area contributed by atoms with Crippen molar-refractivity contribution in [2.24, 2.45) is 0 Å². The molecule has 70 valence electrons. The van der Waals surface area contributed by atoms with Crippen LogP contribution in [0.4, 0.5) is 0 Å². The molecule has 0 aliphatic carbocycles. The van der Waals surface area contributed by atoms with Crippen LogP contribution in [-0.4, -0.2) is 0 Å². The maximum atomic E-state index is 2.29. The van der Waals surface area contributed by atoms with E-state index in [4.69, 9.17) is 0 Å². The lowest BCUT2D eigenvalue weighted by molar-refractivity contribution is 1.11. The third kappa shape index (κ3) is 3.45. The predicted molar refractivity (Wildman–Crippen MR) is 59.0 cm³/mol. The summed E-state index contributed by atoms with van der Waals surface area (Å²) in [7, 11) is 0. The van der Waals surface area contributed by atoms with Crippen LogP contribution < -0.4 is 0 Å². The van der Waals surface area contributed by atoms with Crippen LogP contribution in [0.25, 0.3) is 0 Å². The van der Waals surface area contributed by atoms with Crippen molar-refractivity contribution in [3.8, 4) is 0 Å². The molecule has 0 nitrogen and oxygen atoms in total. The molecular weight excluding hydrogens is 156 g/mol. The fourth-order valence-electron chi connectivity index (χ4n) is 1.30. The molecule has 0 unspecified atom stereocenters. The maximum Gasteiger partial charge on any atom is -0.00949 e. The summed E-state index contributed by atoms with van der Waals surface area (Å²) in [6.07, 6.45) is 4.47. The second-order valence-corrected chi connectivity index (χ2v) is 3.66. The summed E-state index contributed by atoms with van der Waals surface area (Å²) in [6.45, 7) is 6.48. The molecule has 0 atom stereocenters. The highest BCUT2D eigenvalue weighted by molar-refractivity contribution is 5.25. The molecule has 0 radical (unpaired) electrons. The minimum atomic E-state index is 1.07. The lowest BCUT2D eigenvalue weighted by Gasteiger charge is -2.00. The number of hydrogen-bond donors (Lipinski definition) is 0. The van der Waals surface area contributed by atoms with Crippen LogP contribution in [0.5, 0.6) is 0 Å². The van der Waals surface area contributed by atoms with E-state index >= 15 is 0 Å². The first-order valence-corrected chi connectivity index (χ1v) is 4.93. The maximum absolute atomic E-state index is 2.29. The van der Waals surface area contributed by atoms with Crippen molar-refractivity contribution >= 4 is 0 Å². The molecule has 1 aromatic rings. The van der Waals surface area contributed by atoms with Gasteiger partial charge in [0.05, 0.1) is 0 Å². The van der Waals surface area contributed by atoms with Gasteiger partial charge in [-0.3, -0.25) is 0 Å². The van der Waals surface area contributed by atoms with Crippen molar-refractivity contribution in [3.63, 3.8) is 0 Å². The van der Waals surface area contributed by atoms with Crippen molar-refractivity contribution in [1.29, 1.82) is 0 Å². The topological polar surface area (TPSA) is 0 Å². The fraction of sp³-hybridized carbons (Fsp3) is 0.385. The van der Waals surface area contributed by atoms with E-state index in [0.29, 0.717) is 0 Å². The van der Waals surface area contributed by atoms with Crippen LogP contribution in [0, 0.1) is 0 Å². The number of aryl methyl sites for hydroxylation is 1. The van der Waals surface area contributed by atoms with Gasteiger partial charge in [0.25, 0.3) is 0 Å². The van der Waals surface area contributed by atoms with Crippen molar-refractivity contribution in [2.45, 2.75) is 33.6 Å². The summed E-state index contributed by atoms with van der Waals surface area (Å²) >= 11 is 0. The first-order valence-electron chi connectivity index (χ1n) is 4.93. The molecule has 0 heterocycles. The second-order valence-electron chi connectivity index (χ2n) is 3.66. The van der Waals surface area contributed by atoms with Gasteiger partial charge >= 0.3 is 0 Å². The third-order valence-electron chi connectivity index (χ3n) is 2.15. The molecule has 13 heavy (non-hydrogen) atoms. The first kappa shape index (κ1) is 10.0. The summed E-state index contributed by atoms with van der Waals surface area (Å²) in [6, 6.07) is 8.82. The average Bonchev–Trinajstić information content (AvgIpc) is 2.15. The van der Waals surface area contributed by atoms with Crippen LogP contribution in [0.1, 0.15) is 31.9 Å². The normalized spacial score (nSPS) is 9.77. The van der Waals surface area contributed by atoms with E-state index in [9.17, 15) is 0 Å². The zero-order valence-electron chi connectivity index (χ0n) is 8.80. The molecule has 0 aliphatic rings. The molecule has 0 N–H and O–H groups in total. The molecule has 0 saturated heterocycles. The van der Waals surface area contributed by atoms with Crippen molar-refractivity contribution in [1.82, 2.24) is 0 Å². The smallest absolute Gasteiger partial charge is 0.00949 e. The molecule has 0 spiro atoms. The molecule has 0 aliphatic heterocycles. The summed E-state index contributed by atoms with van der Waals surface area (Å²) in [4.78, 5) is 0. The summed E-state index contributed by atoms with van der Waals surface area (Å²) in [5, 5.41) is 0. The predicted octanol–water partition coefficient (Wildman–Crippen LogP) is 3.76. The van der Waals surface area contributed by atoms with E-state index in [0.717, 1.165) is 12.8 Å². The molecule has 0 aromatic heterocycles. The minimum absolute atomic E-state index is 1.07. The van der Waals surface area contributed by atoms with E-state index in [1.165, 1.54) is 16.7 Å². The van der Waals surface area contributed by atoms with E-state index < -0.39 is 0 Å². The average molecular weight is 174 g/mol. The van der Waals surface area contributed by atoms with Gasteiger partial charge in [0.15, 0.2) is 0 Å². The Morgan fingerprint density at radius 3 is 2.54 bits per heavy atom. The summed E-state index contributed by atoms with van der Waals surface area (Å²) in [5.41, 5.74) is 4.24. The minimum Gasteiger partial charge on any atom is -0.0815 e. The van der Waals surface area contributed by atoms with Crippen molar-refractivity contribution in [3.05, 3.63) is 47.0 Å². The van der Waals surface area contributed by atoms with Gasteiger partial charge in [-0.25, -0.2) is 0 Å². The number of rotatable bonds is 3. The van der Waals surface area contributed by atoms with Crippen molar-refractivity contribution in [2.75, 3.05) is 0 Å². The van der Waals surface area contributed by atoms with Gasteiger partial charge in [0.2, 0.25) is 0 Å². The zero-order valence-corrected chi connectivity index (χ0v) is 8.80. The SMILES string of the molecule is CCc1cccc(CC=C(C)C)c1. The van der Waals surface area contributed by atoms with Crippen LogP contribution in [-0.2, 0) is 12.8 Å². The summed E-state index contributed by atoms with van der Waals surface area (Å²) in [5.74, 6) is 0. The first-order chi connectivity index (χ1) is 6.22. The van der Waals surface area contributed by atoms with E-state index in [1.54, 1.807) is 0 Å². The quantitative estimate of drug-likeness (QED) is 0.612.